The molecule has 5 nitrogen and oxygen atoms in total. The second-order valence-corrected chi connectivity index (χ2v) is 6.66. The van der Waals surface area contributed by atoms with Gasteiger partial charge in [0.05, 0.1) is 11.3 Å². The SMILES string of the molecule is N#Cc1ccccc1NC(=O)C1CCN(C(=O)c2ccc(Cl)cc2)CC1. The average molecular weight is 368 g/mol. The van der Waals surface area contributed by atoms with Crippen molar-refractivity contribution in [2.24, 2.45) is 5.92 Å². The fourth-order valence-corrected chi connectivity index (χ4v) is 3.17. The molecule has 0 atom stereocenters. The lowest BCUT2D eigenvalue weighted by atomic mass is 9.95. The van der Waals surface area contributed by atoms with Crippen molar-refractivity contribution >= 4 is 29.1 Å². The standard InChI is InChI=1S/C20H18ClN3O2/c21-17-7-5-15(6-8-17)20(26)24-11-9-14(10-12-24)19(25)23-18-4-2-1-3-16(18)13-22/h1-8,14H,9-12H2,(H,23,25). The van der Waals surface area contributed by atoms with E-state index in [4.69, 9.17) is 16.9 Å². The van der Waals surface area contributed by atoms with Crippen LogP contribution in [-0.2, 0) is 4.79 Å². The second-order valence-electron chi connectivity index (χ2n) is 6.22. The van der Waals surface area contributed by atoms with Gasteiger partial charge in [-0.1, -0.05) is 23.7 Å². The summed E-state index contributed by atoms with van der Waals surface area (Å²) in [6, 6.07) is 15.8. The summed E-state index contributed by atoms with van der Waals surface area (Å²) in [5, 5.41) is 12.5. The summed E-state index contributed by atoms with van der Waals surface area (Å²) in [6.07, 6.45) is 1.19. The molecule has 0 saturated carbocycles. The maximum atomic E-state index is 12.5. The minimum Gasteiger partial charge on any atom is -0.339 e. The van der Waals surface area contributed by atoms with Gasteiger partial charge in [-0.15, -0.1) is 0 Å². The molecule has 2 aromatic rings. The molecule has 3 rings (SSSR count). The second kappa shape index (κ2) is 8.03. The number of carbonyl (C=O) groups excluding carboxylic acids is 2. The zero-order valence-corrected chi connectivity index (χ0v) is 14.9. The Morgan fingerprint density at radius 2 is 1.73 bits per heavy atom. The average Bonchev–Trinajstić information content (AvgIpc) is 2.68. The molecule has 0 radical (unpaired) electrons. The van der Waals surface area contributed by atoms with Gasteiger partial charge in [0.25, 0.3) is 5.91 Å². The number of nitrogens with one attached hydrogen (secondary N) is 1. The Hall–Kier alpha value is -2.84. The third kappa shape index (κ3) is 4.04. The molecule has 1 N–H and O–H groups in total. The van der Waals surface area contributed by atoms with Crippen molar-refractivity contribution in [3.05, 3.63) is 64.7 Å². The molecule has 6 heteroatoms. The van der Waals surface area contributed by atoms with E-state index in [1.165, 1.54) is 0 Å². The third-order valence-electron chi connectivity index (χ3n) is 4.55. The topological polar surface area (TPSA) is 73.2 Å². The molecule has 0 spiro atoms. The fourth-order valence-electron chi connectivity index (χ4n) is 3.04. The van der Waals surface area contributed by atoms with Gasteiger partial charge in [0, 0.05) is 29.6 Å². The molecule has 0 unspecified atom stereocenters. The van der Waals surface area contributed by atoms with Gasteiger partial charge < -0.3 is 10.2 Å². The Morgan fingerprint density at radius 1 is 1.08 bits per heavy atom. The first-order chi connectivity index (χ1) is 12.6. The van der Waals surface area contributed by atoms with Crippen molar-refractivity contribution in [1.82, 2.24) is 4.90 Å². The van der Waals surface area contributed by atoms with Gasteiger partial charge in [0.1, 0.15) is 6.07 Å². The highest BCUT2D eigenvalue weighted by molar-refractivity contribution is 6.30. The van der Waals surface area contributed by atoms with E-state index in [1.807, 2.05) is 0 Å². The van der Waals surface area contributed by atoms with Gasteiger partial charge >= 0.3 is 0 Å². The Labute approximate surface area is 157 Å². The van der Waals surface area contributed by atoms with Crippen LogP contribution >= 0.6 is 11.6 Å². The molecule has 26 heavy (non-hydrogen) atoms. The van der Waals surface area contributed by atoms with Crippen molar-refractivity contribution in [3.8, 4) is 6.07 Å². The zero-order valence-electron chi connectivity index (χ0n) is 14.1. The van der Waals surface area contributed by atoms with Crippen LogP contribution in [0.2, 0.25) is 5.02 Å². The lowest BCUT2D eigenvalue weighted by Crippen LogP contribution is -2.41. The summed E-state index contributed by atoms with van der Waals surface area (Å²) in [4.78, 5) is 26.7. The molecule has 2 aromatic carbocycles. The highest BCUT2D eigenvalue weighted by Gasteiger charge is 2.28. The minimum atomic E-state index is -0.170. The monoisotopic (exact) mass is 367 g/mol. The van der Waals surface area contributed by atoms with E-state index < -0.39 is 0 Å². The van der Waals surface area contributed by atoms with E-state index in [9.17, 15) is 9.59 Å². The van der Waals surface area contributed by atoms with Crippen molar-refractivity contribution in [2.45, 2.75) is 12.8 Å². The number of likely N-dealkylation sites (tertiary alicyclic amines) is 1. The third-order valence-corrected chi connectivity index (χ3v) is 4.80. The largest absolute Gasteiger partial charge is 0.339 e. The molecule has 2 amide bonds. The molecular weight excluding hydrogens is 350 g/mol. The molecule has 0 bridgehead atoms. The van der Waals surface area contributed by atoms with E-state index in [1.54, 1.807) is 53.4 Å². The lowest BCUT2D eigenvalue weighted by Gasteiger charge is -2.31. The summed E-state index contributed by atoms with van der Waals surface area (Å²) >= 11 is 5.85. The van der Waals surface area contributed by atoms with Crippen molar-refractivity contribution in [3.63, 3.8) is 0 Å². The van der Waals surface area contributed by atoms with E-state index >= 15 is 0 Å². The van der Waals surface area contributed by atoms with Gasteiger partial charge in [-0.3, -0.25) is 9.59 Å². The molecule has 1 aliphatic heterocycles. The number of rotatable bonds is 3. The Balaban J connectivity index is 1.58. The smallest absolute Gasteiger partial charge is 0.253 e. The van der Waals surface area contributed by atoms with Crippen molar-refractivity contribution in [1.29, 1.82) is 5.26 Å². The van der Waals surface area contributed by atoms with Crippen LogP contribution in [-0.4, -0.2) is 29.8 Å². The molecule has 1 saturated heterocycles. The van der Waals surface area contributed by atoms with E-state index in [-0.39, 0.29) is 17.7 Å². The Morgan fingerprint density at radius 3 is 2.38 bits per heavy atom. The number of hydrogen-bond acceptors (Lipinski definition) is 3. The number of halogens is 1. The molecule has 1 heterocycles. The molecule has 0 aliphatic carbocycles. The summed E-state index contributed by atoms with van der Waals surface area (Å²) < 4.78 is 0. The quantitative estimate of drug-likeness (QED) is 0.898. The summed E-state index contributed by atoms with van der Waals surface area (Å²) in [7, 11) is 0. The van der Waals surface area contributed by atoms with Crippen LogP contribution in [0.4, 0.5) is 5.69 Å². The number of piperidine rings is 1. The number of nitriles is 1. The van der Waals surface area contributed by atoms with Gasteiger partial charge in [0.15, 0.2) is 0 Å². The Kier molecular flexibility index (Phi) is 5.55. The molecule has 132 valence electrons. The first kappa shape index (κ1) is 18.0. The number of para-hydroxylation sites is 1. The first-order valence-corrected chi connectivity index (χ1v) is 8.81. The molecular formula is C20H18ClN3O2. The zero-order chi connectivity index (χ0) is 18.5. The highest BCUT2D eigenvalue weighted by Crippen LogP contribution is 2.22. The van der Waals surface area contributed by atoms with Gasteiger partial charge in [0.2, 0.25) is 5.91 Å². The number of anilines is 1. The van der Waals surface area contributed by atoms with Crippen LogP contribution in [0.1, 0.15) is 28.8 Å². The predicted octanol–water partition coefficient (Wildman–Crippen LogP) is 3.70. The van der Waals surface area contributed by atoms with Crippen LogP contribution < -0.4 is 5.32 Å². The fraction of sp³-hybridized carbons (Fsp3) is 0.250. The van der Waals surface area contributed by atoms with Gasteiger partial charge in [-0.05, 0) is 49.2 Å². The maximum Gasteiger partial charge on any atom is 0.253 e. The number of hydrogen-bond donors (Lipinski definition) is 1. The highest BCUT2D eigenvalue weighted by atomic mass is 35.5. The Bertz CT molecular complexity index is 850. The van der Waals surface area contributed by atoms with E-state index in [2.05, 4.69) is 11.4 Å². The maximum absolute atomic E-state index is 12.5. The van der Waals surface area contributed by atoms with Crippen LogP contribution in [0.3, 0.4) is 0 Å². The number of benzene rings is 2. The van der Waals surface area contributed by atoms with Crippen LogP contribution in [0, 0.1) is 17.2 Å². The van der Waals surface area contributed by atoms with E-state index in [0.29, 0.717) is 47.8 Å². The van der Waals surface area contributed by atoms with Crippen LogP contribution in [0.15, 0.2) is 48.5 Å². The van der Waals surface area contributed by atoms with E-state index in [0.717, 1.165) is 0 Å². The van der Waals surface area contributed by atoms with Gasteiger partial charge in [-0.2, -0.15) is 5.26 Å². The number of nitrogens with zero attached hydrogens (tertiary/aromatic N) is 2. The van der Waals surface area contributed by atoms with Gasteiger partial charge in [-0.25, -0.2) is 0 Å². The van der Waals surface area contributed by atoms with Crippen LogP contribution in [0.25, 0.3) is 0 Å². The normalized spacial score (nSPS) is 14.5. The summed E-state index contributed by atoms with van der Waals surface area (Å²) in [5.41, 5.74) is 1.57. The first-order valence-electron chi connectivity index (χ1n) is 8.43. The number of carbonyl (C=O) groups is 2. The number of amides is 2. The molecule has 0 aromatic heterocycles. The van der Waals surface area contributed by atoms with Crippen molar-refractivity contribution in [2.75, 3.05) is 18.4 Å². The lowest BCUT2D eigenvalue weighted by molar-refractivity contribution is -0.121. The summed E-state index contributed by atoms with van der Waals surface area (Å²) in [5.74, 6) is -0.322. The minimum absolute atomic E-state index is 0.0460. The summed E-state index contributed by atoms with van der Waals surface area (Å²) in [6.45, 7) is 1.05. The predicted molar refractivity (Wildman–Crippen MR) is 99.9 cm³/mol. The van der Waals surface area contributed by atoms with Crippen LogP contribution in [0.5, 0.6) is 0 Å². The molecule has 1 fully saturated rings. The van der Waals surface area contributed by atoms with Crippen molar-refractivity contribution < 1.29 is 9.59 Å². The molecule has 1 aliphatic rings.